The van der Waals surface area contributed by atoms with Crippen LogP contribution in [0.1, 0.15) is 15.9 Å². The number of hydrogen-bond donors (Lipinski definition) is 1. The molecule has 0 bridgehead atoms. The summed E-state index contributed by atoms with van der Waals surface area (Å²) in [7, 11) is 0. The summed E-state index contributed by atoms with van der Waals surface area (Å²) >= 11 is 19.4. The lowest BCUT2D eigenvalue weighted by Crippen LogP contribution is -2.26. The molecule has 0 fully saturated rings. The first-order valence-electron chi connectivity index (χ1n) is 6.61. The van der Waals surface area contributed by atoms with E-state index in [0.717, 1.165) is 16.5 Å². The second-order valence-corrected chi connectivity index (χ2v) is 6.94. The fourth-order valence-corrected chi connectivity index (χ4v) is 3.22. The van der Waals surface area contributed by atoms with Gasteiger partial charge in [-0.05, 0) is 35.9 Å². The molecule has 2 aromatic rings. The number of thioether (sulfide) groups is 1. The van der Waals surface area contributed by atoms with Crippen molar-refractivity contribution in [3.63, 3.8) is 0 Å². The standard InChI is InChI=1S/C16H14Cl3NOS/c17-12-3-1-11(2-4-12)10-22-8-7-20-16(21)14-6-5-13(18)9-15(14)19/h1-6,9H,7-8,10H2,(H,20,21). The Morgan fingerprint density at radius 2 is 1.68 bits per heavy atom. The Balaban J connectivity index is 1.72. The van der Waals surface area contributed by atoms with E-state index in [1.165, 1.54) is 5.56 Å². The number of carbonyl (C=O) groups excluding carboxylic acids is 1. The van der Waals surface area contributed by atoms with Crippen molar-refractivity contribution in [2.45, 2.75) is 5.75 Å². The van der Waals surface area contributed by atoms with Crippen LogP contribution in [-0.4, -0.2) is 18.2 Å². The van der Waals surface area contributed by atoms with Gasteiger partial charge in [0, 0.05) is 28.1 Å². The summed E-state index contributed by atoms with van der Waals surface area (Å²) in [6, 6.07) is 12.6. The van der Waals surface area contributed by atoms with Crippen molar-refractivity contribution in [3.05, 3.63) is 68.7 Å². The van der Waals surface area contributed by atoms with Crippen LogP contribution in [0.3, 0.4) is 0 Å². The molecule has 0 spiro atoms. The summed E-state index contributed by atoms with van der Waals surface area (Å²) < 4.78 is 0. The highest BCUT2D eigenvalue weighted by Crippen LogP contribution is 2.21. The van der Waals surface area contributed by atoms with Crippen molar-refractivity contribution >= 4 is 52.5 Å². The van der Waals surface area contributed by atoms with Crippen molar-refractivity contribution in [2.75, 3.05) is 12.3 Å². The molecule has 1 N–H and O–H groups in total. The fraction of sp³-hybridized carbons (Fsp3) is 0.188. The summed E-state index contributed by atoms with van der Waals surface area (Å²) in [5, 5.41) is 4.46. The second kappa shape index (κ2) is 8.68. The number of halogens is 3. The van der Waals surface area contributed by atoms with Gasteiger partial charge in [0.25, 0.3) is 5.91 Å². The Labute approximate surface area is 149 Å². The molecule has 6 heteroatoms. The van der Waals surface area contributed by atoms with Crippen LogP contribution in [0.25, 0.3) is 0 Å². The van der Waals surface area contributed by atoms with E-state index in [0.29, 0.717) is 22.2 Å². The predicted molar refractivity (Wildman–Crippen MR) is 96.4 cm³/mol. The summed E-state index contributed by atoms with van der Waals surface area (Å²) in [5.41, 5.74) is 1.65. The van der Waals surface area contributed by atoms with Crippen molar-refractivity contribution < 1.29 is 4.79 Å². The van der Waals surface area contributed by atoms with Crippen LogP contribution in [0.5, 0.6) is 0 Å². The normalized spacial score (nSPS) is 10.5. The highest BCUT2D eigenvalue weighted by atomic mass is 35.5. The number of carbonyl (C=O) groups is 1. The lowest BCUT2D eigenvalue weighted by atomic mass is 10.2. The molecule has 116 valence electrons. The first-order valence-corrected chi connectivity index (χ1v) is 8.90. The topological polar surface area (TPSA) is 29.1 Å². The van der Waals surface area contributed by atoms with Gasteiger partial charge in [-0.15, -0.1) is 0 Å². The van der Waals surface area contributed by atoms with Gasteiger partial charge in [-0.2, -0.15) is 11.8 Å². The quantitative estimate of drug-likeness (QED) is 0.694. The molecule has 0 unspecified atom stereocenters. The minimum absolute atomic E-state index is 0.186. The van der Waals surface area contributed by atoms with Crippen LogP contribution in [0.4, 0.5) is 0 Å². The van der Waals surface area contributed by atoms with Crippen molar-refractivity contribution in [2.24, 2.45) is 0 Å². The third-order valence-electron chi connectivity index (χ3n) is 2.89. The minimum atomic E-state index is -0.186. The number of nitrogens with one attached hydrogen (secondary N) is 1. The maximum Gasteiger partial charge on any atom is 0.252 e. The third kappa shape index (κ3) is 5.40. The molecule has 0 atom stereocenters. The molecule has 2 aromatic carbocycles. The van der Waals surface area contributed by atoms with Gasteiger partial charge >= 0.3 is 0 Å². The van der Waals surface area contributed by atoms with E-state index in [1.54, 1.807) is 30.0 Å². The zero-order valence-electron chi connectivity index (χ0n) is 11.6. The molecule has 0 aromatic heterocycles. The minimum Gasteiger partial charge on any atom is -0.351 e. The Bertz CT molecular complexity index is 646. The average Bonchev–Trinajstić information content (AvgIpc) is 2.48. The van der Waals surface area contributed by atoms with Crippen molar-refractivity contribution in [3.8, 4) is 0 Å². The first kappa shape index (κ1) is 17.5. The maximum atomic E-state index is 12.0. The Morgan fingerprint density at radius 1 is 1.00 bits per heavy atom. The zero-order chi connectivity index (χ0) is 15.9. The van der Waals surface area contributed by atoms with E-state index in [4.69, 9.17) is 34.8 Å². The molecule has 2 rings (SSSR count). The Kier molecular flexibility index (Phi) is 6.90. The Hall–Kier alpha value is -0.870. The van der Waals surface area contributed by atoms with Gasteiger partial charge in [-0.25, -0.2) is 0 Å². The van der Waals surface area contributed by atoms with Crippen molar-refractivity contribution in [1.29, 1.82) is 0 Å². The number of amides is 1. The van der Waals surface area contributed by atoms with Gasteiger partial charge in [0.2, 0.25) is 0 Å². The molecule has 0 saturated carbocycles. The van der Waals surface area contributed by atoms with Gasteiger partial charge in [0.1, 0.15) is 0 Å². The molecule has 0 heterocycles. The van der Waals surface area contributed by atoms with Crippen LogP contribution in [0, 0.1) is 0 Å². The van der Waals surface area contributed by atoms with Crippen molar-refractivity contribution in [1.82, 2.24) is 5.32 Å². The monoisotopic (exact) mass is 373 g/mol. The lowest BCUT2D eigenvalue weighted by Gasteiger charge is -2.07. The van der Waals surface area contributed by atoms with Crippen LogP contribution in [-0.2, 0) is 5.75 Å². The van der Waals surface area contributed by atoms with Gasteiger partial charge in [-0.1, -0.05) is 46.9 Å². The zero-order valence-corrected chi connectivity index (χ0v) is 14.7. The van der Waals surface area contributed by atoms with Gasteiger partial charge in [0.15, 0.2) is 0 Å². The molecule has 0 radical (unpaired) electrons. The molecule has 0 aliphatic carbocycles. The summed E-state index contributed by atoms with van der Waals surface area (Å²) in [6.45, 7) is 0.579. The summed E-state index contributed by atoms with van der Waals surface area (Å²) in [6.07, 6.45) is 0. The summed E-state index contributed by atoms with van der Waals surface area (Å²) in [4.78, 5) is 12.0. The SMILES string of the molecule is O=C(NCCSCc1ccc(Cl)cc1)c1ccc(Cl)cc1Cl. The first-order chi connectivity index (χ1) is 10.6. The van der Waals surface area contributed by atoms with E-state index in [-0.39, 0.29) is 5.91 Å². The molecule has 22 heavy (non-hydrogen) atoms. The number of benzene rings is 2. The molecular formula is C16H14Cl3NOS. The number of rotatable bonds is 6. The van der Waals surface area contributed by atoms with Crippen LogP contribution < -0.4 is 5.32 Å². The predicted octanol–water partition coefficient (Wildman–Crippen LogP) is 5.31. The molecule has 1 amide bonds. The van der Waals surface area contributed by atoms with Crippen LogP contribution >= 0.6 is 46.6 Å². The molecule has 0 aliphatic rings. The Morgan fingerprint density at radius 3 is 2.36 bits per heavy atom. The van der Waals surface area contributed by atoms with E-state index in [9.17, 15) is 4.79 Å². The smallest absolute Gasteiger partial charge is 0.252 e. The van der Waals surface area contributed by atoms with E-state index in [1.807, 2.05) is 24.3 Å². The average molecular weight is 375 g/mol. The third-order valence-corrected chi connectivity index (χ3v) is 4.72. The van der Waals surface area contributed by atoms with E-state index < -0.39 is 0 Å². The maximum absolute atomic E-state index is 12.0. The van der Waals surface area contributed by atoms with E-state index >= 15 is 0 Å². The molecular weight excluding hydrogens is 361 g/mol. The highest BCUT2D eigenvalue weighted by Gasteiger charge is 2.09. The van der Waals surface area contributed by atoms with Crippen LogP contribution in [0.2, 0.25) is 15.1 Å². The highest BCUT2D eigenvalue weighted by molar-refractivity contribution is 7.98. The molecule has 2 nitrogen and oxygen atoms in total. The lowest BCUT2D eigenvalue weighted by molar-refractivity contribution is 0.0956. The number of hydrogen-bond acceptors (Lipinski definition) is 2. The summed E-state index contributed by atoms with van der Waals surface area (Å²) in [5.74, 6) is 1.52. The van der Waals surface area contributed by atoms with Gasteiger partial charge in [-0.3, -0.25) is 4.79 Å². The largest absolute Gasteiger partial charge is 0.351 e. The van der Waals surface area contributed by atoms with E-state index in [2.05, 4.69) is 5.32 Å². The van der Waals surface area contributed by atoms with Crippen LogP contribution in [0.15, 0.2) is 42.5 Å². The molecule has 0 aliphatic heterocycles. The fourth-order valence-electron chi connectivity index (χ4n) is 1.78. The molecule has 0 saturated heterocycles. The van der Waals surface area contributed by atoms with Gasteiger partial charge in [0.05, 0.1) is 10.6 Å². The van der Waals surface area contributed by atoms with Gasteiger partial charge < -0.3 is 5.32 Å². The second-order valence-electron chi connectivity index (χ2n) is 4.56.